The second-order valence-corrected chi connectivity index (χ2v) is 5.11. The lowest BCUT2D eigenvalue weighted by molar-refractivity contribution is -0.576. The van der Waals surface area contributed by atoms with Gasteiger partial charge in [-0.05, 0) is 12.1 Å². The molecule has 106 valence electrons. The Kier molecular flexibility index (Phi) is 2.76. The van der Waals surface area contributed by atoms with Crippen LogP contribution in [0.4, 0.5) is 0 Å². The van der Waals surface area contributed by atoms with Crippen LogP contribution in [0.2, 0.25) is 0 Å². The largest absolute Gasteiger partial charge is 0.494 e. The average molecular weight is 288 g/mol. The van der Waals surface area contributed by atoms with Gasteiger partial charge in [0, 0.05) is 22.9 Å². The van der Waals surface area contributed by atoms with Crippen molar-refractivity contribution >= 4 is 17.0 Å². The molecule has 1 aromatic heterocycles. The summed E-state index contributed by atoms with van der Waals surface area (Å²) in [5.74, 6) is 0.553. The summed E-state index contributed by atoms with van der Waals surface area (Å²) in [4.78, 5) is 4.73. The molecule has 1 N–H and O–H groups in total. The minimum atomic E-state index is 0.342. The van der Waals surface area contributed by atoms with Crippen LogP contribution < -0.4 is 15.1 Å². The number of methoxy groups -OCH3 is 1. The molecule has 0 bridgehead atoms. The molecule has 0 atom stereocenters. The van der Waals surface area contributed by atoms with Gasteiger partial charge in [0.2, 0.25) is 0 Å². The normalized spacial score (nSPS) is 16.0. The van der Waals surface area contributed by atoms with Crippen LogP contribution in [0.1, 0.15) is 0 Å². The summed E-state index contributed by atoms with van der Waals surface area (Å²) in [5.41, 5.74) is 2.91. The Labute approximate surface area is 127 Å². The molecule has 2 aliphatic rings. The van der Waals surface area contributed by atoms with Gasteiger partial charge >= 0.3 is 0 Å². The molecule has 4 rings (SSSR count). The van der Waals surface area contributed by atoms with Crippen LogP contribution in [0.5, 0.6) is 0 Å². The molecular weight excluding hydrogens is 274 g/mol. The Morgan fingerprint density at radius 2 is 1.82 bits per heavy atom. The molecule has 0 spiro atoms. The zero-order valence-corrected chi connectivity index (χ0v) is 12.1. The van der Waals surface area contributed by atoms with Gasteiger partial charge in [0.05, 0.1) is 12.5 Å². The highest BCUT2D eigenvalue weighted by atomic mass is 16.5. The molecule has 4 nitrogen and oxygen atoms in total. The molecule has 2 heterocycles. The molecule has 1 aromatic carbocycles. The Hall–Kier alpha value is -3.01. The summed E-state index contributed by atoms with van der Waals surface area (Å²) in [6.07, 6.45) is 5.75. The van der Waals surface area contributed by atoms with E-state index in [-0.39, 0.29) is 0 Å². The van der Waals surface area contributed by atoms with E-state index in [1.165, 1.54) is 0 Å². The van der Waals surface area contributed by atoms with Crippen LogP contribution in [0.15, 0.2) is 77.4 Å². The lowest BCUT2D eigenvalue weighted by Gasteiger charge is -2.15. The van der Waals surface area contributed by atoms with Gasteiger partial charge in [-0.15, -0.1) is 0 Å². The van der Waals surface area contributed by atoms with Crippen molar-refractivity contribution in [2.24, 2.45) is 4.99 Å². The van der Waals surface area contributed by atoms with Crippen LogP contribution >= 0.6 is 0 Å². The number of rotatable bonds is 2. The fourth-order valence-electron chi connectivity index (χ4n) is 2.83. The minimum absolute atomic E-state index is 0.342. The molecule has 0 radical (unpaired) electrons. The number of hydrogen-bond donors (Lipinski definition) is 1. The first-order valence-corrected chi connectivity index (χ1v) is 7.04. The molecule has 0 saturated carbocycles. The monoisotopic (exact) mass is 288 g/mol. The molecular formula is C18H14N3O+. The van der Waals surface area contributed by atoms with Gasteiger partial charge in [0.1, 0.15) is 5.70 Å². The summed E-state index contributed by atoms with van der Waals surface area (Å²) in [6.45, 7) is 0. The van der Waals surface area contributed by atoms with Gasteiger partial charge in [0.15, 0.2) is 23.9 Å². The number of hydrogen-bond acceptors (Lipinski definition) is 3. The van der Waals surface area contributed by atoms with E-state index in [2.05, 4.69) is 0 Å². The molecule has 0 amide bonds. The van der Waals surface area contributed by atoms with Crippen molar-refractivity contribution in [1.82, 2.24) is 0 Å². The maximum atomic E-state index is 8.45. The highest BCUT2D eigenvalue weighted by molar-refractivity contribution is 6.27. The quantitative estimate of drug-likeness (QED) is 0.829. The number of fused-ring (bicyclic) bond motifs is 2. The predicted molar refractivity (Wildman–Crippen MR) is 83.3 cm³/mol. The van der Waals surface area contributed by atoms with Crippen LogP contribution in [0, 0.1) is 5.41 Å². The van der Waals surface area contributed by atoms with Crippen molar-refractivity contribution in [3.8, 4) is 0 Å². The molecule has 0 unspecified atom stereocenters. The first-order chi connectivity index (χ1) is 10.8. The number of pyridine rings is 1. The number of ether oxygens (including phenoxy) is 1. The highest BCUT2D eigenvalue weighted by Gasteiger charge is 2.33. The second kappa shape index (κ2) is 4.77. The summed E-state index contributed by atoms with van der Waals surface area (Å²) in [7, 11) is 1.59. The standard InChI is InChI=1S/C18H14N3O/c1-22-15-11-13-12-7-3-4-8-14(12)20-17(13)18(16(15)19)21-9-5-2-6-10-21/h2-11,19H,1H3/q+1. The molecule has 1 aliphatic carbocycles. The van der Waals surface area contributed by atoms with Crippen LogP contribution in [-0.2, 0) is 4.74 Å². The van der Waals surface area contributed by atoms with Crippen molar-refractivity contribution in [2.45, 2.75) is 0 Å². The number of benzene rings is 1. The average Bonchev–Trinajstić information content (AvgIpc) is 2.93. The summed E-state index contributed by atoms with van der Waals surface area (Å²) >= 11 is 0. The van der Waals surface area contributed by atoms with Crippen LogP contribution in [0.3, 0.4) is 0 Å². The first-order valence-electron chi connectivity index (χ1n) is 7.04. The zero-order chi connectivity index (χ0) is 15.1. The fourth-order valence-corrected chi connectivity index (χ4v) is 2.83. The van der Waals surface area contributed by atoms with Gasteiger partial charge in [0.25, 0.3) is 5.70 Å². The van der Waals surface area contributed by atoms with Crippen molar-refractivity contribution in [3.63, 3.8) is 0 Å². The third-order valence-corrected chi connectivity index (χ3v) is 3.86. The topological polar surface area (TPSA) is 49.3 Å². The number of nitrogens with zero attached hydrogens (tertiary/aromatic N) is 2. The summed E-state index contributed by atoms with van der Waals surface area (Å²) < 4.78 is 7.32. The molecule has 2 aromatic rings. The third kappa shape index (κ3) is 1.74. The number of aromatic nitrogens is 1. The van der Waals surface area contributed by atoms with E-state index in [1.54, 1.807) is 7.11 Å². The second-order valence-electron chi connectivity index (χ2n) is 5.11. The number of nitrogens with one attached hydrogen (secondary N) is 1. The van der Waals surface area contributed by atoms with Crippen molar-refractivity contribution < 1.29 is 9.30 Å². The third-order valence-electron chi connectivity index (χ3n) is 3.86. The Morgan fingerprint density at radius 3 is 2.59 bits per heavy atom. The van der Waals surface area contributed by atoms with E-state index in [1.807, 2.05) is 65.5 Å². The lowest BCUT2D eigenvalue weighted by atomic mass is 9.99. The van der Waals surface area contributed by atoms with Crippen LogP contribution in [0.25, 0.3) is 11.3 Å². The predicted octanol–water partition coefficient (Wildman–Crippen LogP) is 1.19. The van der Waals surface area contributed by atoms with Gasteiger partial charge in [-0.3, -0.25) is 5.41 Å². The Morgan fingerprint density at radius 1 is 1.05 bits per heavy atom. The maximum absolute atomic E-state index is 8.45. The van der Waals surface area contributed by atoms with E-state index >= 15 is 0 Å². The number of allylic oxidation sites excluding steroid dienone is 2. The summed E-state index contributed by atoms with van der Waals surface area (Å²) in [5, 5.41) is 10.5. The van der Waals surface area contributed by atoms with Crippen molar-refractivity contribution in [2.75, 3.05) is 7.11 Å². The van der Waals surface area contributed by atoms with Gasteiger partial charge < -0.3 is 4.74 Å². The van der Waals surface area contributed by atoms with E-state index in [4.69, 9.17) is 15.1 Å². The van der Waals surface area contributed by atoms with Crippen molar-refractivity contribution in [1.29, 1.82) is 5.41 Å². The molecule has 0 saturated heterocycles. The maximum Gasteiger partial charge on any atom is 0.266 e. The van der Waals surface area contributed by atoms with E-state index in [0.29, 0.717) is 11.5 Å². The molecule has 22 heavy (non-hydrogen) atoms. The molecule has 4 heteroatoms. The minimum Gasteiger partial charge on any atom is -0.494 e. The summed E-state index contributed by atoms with van der Waals surface area (Å²) in [6, 6.07) is 13.8. The highest BCUT2D eigenvalue weighted by Crippen LogP contribution is 2.29. The zero-order valence-electron chi connectivity index (χ0n) is 12.1. The van der Waals surface area contributed by atoms with Gasteiger partial charge in [-0.25, -0.2) is 4.99 Å². The SMILES string of the molecule is COC1=CC2=c3ccccc3=NC2=C([n+]2ccccc2)C1=N. The lowest BCUT2D eigenvalue weighted by Crippen LogP contribution is -2.38. The first kappa shape index (κ1) is 12.7. The molecule has 0 fully saturated rings. The Bertz CT molecular complexity index is 969. The van der Waals surface area contributed by atoms with Crippen molar-refractivity contribution in [3.05, 3.63) is 83.0 Å². The molecule has 1 aliphatic heterocycles. The van der Waals surface area contributed by atoms with Crippen LogP contribution in [-0.4, -0.2) is 12.8 Å². The smallest absolute Gasteiger partial charge is 0.266 e. The fraction of sp³-hybridized carbons (Fsp3) is 0.0556. The van der Waals surface area contributed by atoms with E-state index in [0.717, 1.165) is 27.5 Å². The Balaban J connectivity index is 2.09. The van der Waals surface area contributed by atoms with Gasteiger partial charge in [-0.2, -0.15) is 4.57 Å². The van der Waals surface area contributed by atoms with E-state index < -0.39 is 0 Å². The van der Waals surface area contributed by atoms with E-state index in [9.17, 15) is 0 Å². The van der Waals surface area contributed by atoms with Gasteiger partial charge in [-0.1, -0.05) is 24.3 Å². The number of para-hydroxylation sites is 1.